The number of ether oxygens (including phenoxy) is 2. The number of ketones is 1. The van der Waals surface area contributed by atoms with Gasteiger partial charge in [0, 0.05) is 12.3 Å². The maximum Gasteiger partial charge on any atom is 0.231 e. The molecular weight excluding hydrogens is 216 g/mol. The summed E-state index contributed by atoms with van der Waals surface area (Å²) in [4.78, 5) is 11.5. The van der Waals surface area contributed by atoms with Crippen LogP contribution in [0.3, 0.4) is 0 Å². The van der Waals surface area contributed by atoms with Crippen LogP contribution in [0.5, 0.6) is 11.5 Å². The molecule has 3 nitrogen and oxygen atoms in total. The zero-order chi connectivity index (χ0) is 12.3. The van der Waals surface area contributed by atoms with Crippen LogP contribution in [0.2, 0.25) is 0 Å². The van der Waals surface area contributed by atoms with Crippen LogP contribution in [-0.4, -0.2) is 12.6 Å². The Labute approximate surface area is 102 Å². The van der Waals surface area contributed by atoms with Crippen LogP contribution >= 0.6 is 0 Å². The normalized spacial score (nSPS) is 13.1. The maximum absolute atomic E-state index is 11.5. The standard InChI is InChI=1S/C14H18O3/c1-10(2)12(15)5-3-4-11-6-7-13-14(8-11)17-9-16-13/h6-8,10H,3-5,9H2,1-2H3. The fourth-order valence-corrected chi connectivity index (χ4v) is 1.85. The molecule has 92 valence electrons. The molecule has 1 aromatic carbocycles. The van der Waals surface area contributed by atoms with Gasteiger partial charge in [0.15, 0.2) is 11.5 Å². The van der Waals surface area contributed by atoms with Crippen molar-refractivity contribution in [2.75, 3.05) is 6.79 Å². The average Bonchev–Trinajstić information content (AvgIpc) is 2.75. The van der Waals surface area contributed by atoms with Gasteiger partial charge in [0.25, 0.3) is 0 Å². The molecule has 0 N–H and O–H groups in total. The molecule has 17 heavy (non-hydrogen) atoms. The van der Waals surface area contributed by atoms with Crippen molar-refractivity contribution in [1.29, 1.82) is 0 Å². The van der Waals surface area contributed by atoms with Crippen LogP contribution in [0.1, 0.15) is 32.3 Å². The second kappa shape index (κ2) is 5.21. The number of carbonyl (C=O) groups is 1. The number of Topliss-reactive ketones (excluding diaryl/α,β-unsaturated/α-hetero) is 1. The summed E-state index contributed by atoms with van der Waals surface area (Å²) in [7, 11) is 0. The predicted octanol–water partition coefficient (Wildman–Crippen LogP) is 2.96. The topological polar surface area (TPSA) is 35.5 Å². The number of fused-ring (bicyclic) bond motifs is 1. The first-order valence-corrected chi connectivity index (χ1v) is 6.08. The zero-order valence-corrected chi connectivity index (χ0v) is 10.4. The number of carbonyl (C=O) groups excluding carboxylic acids is 1. The molecule has 1 aliphatic heterocycles. The van der Waals surface area contributed by atoms with Crippen LogP contribution in [0.25, 0.3) is 0 Å². The third-order valence-electron chi connectivity index (χ3n) is 2.97. The lowest BCUT2D eigenvalue weighted by Gasteiger charge is -2.05. The first-order valence-electron chi connectivity index (χ1n) is 6.08. The Morgan fingerprint density at radius 3 is 2.82 bits per heavy atom. The van der Waals surface area contributed by atoms with E-state index in [1.807, 2.05) is 32.0 Å². The lowest BCUT2D eigenvalue weighted by molar-refractivity contribution is -0.121. The minimum Gasteiger partial charge on any atom is -0.454 e. The van der Waals surface area contributed by atoms with E-state index in [0.29, 0.717) is 19.0 Å². The Hall–Kier alpha value is -1.51. The van der Waals surface area contributed by atoms with Crippen molar-refractivity contribution in [2.45, 2.75) is 33.1 Å². The largest absolute Gasteiger partial charge is 0.454 e. The summed E-state index contributed by atoms with van der Waals surface area (Å²) < 4.78 is 10.6. The Morgan fingerprint density at radius 2 is 2.06 bits per heavy atom. The van der Waals surface area contributed by atoms with E-state index in [9.17, 15) is 4.79 Å². The van der Waals surface area contributed by atoms with E-state index in [2.05, 4.69) is 0 Å². The summed E-state index contributed by atoms with van der Waals surface area (Å²) in [5.74, 6) is 2.11. The van der Waals surface area contributed by atoms with E-state index < -0.39 is 0 Å². The van der Waals surface area contributed by atoms with E-state index in [4.69, 9.17) is 9.47 Å². The fourth-order valence-electron chi connectivity index (χ4n) is 1.85. The molecule has 0 amide bonds. The molecule has 0 saturated heterocycles. The summed E-state index contributed by atoms with van der Waals surface area (Å²) in [6, 6.07) is 5.97. The lowest BCUT2D eigenvalue weighted by Crippen LogP contribution is -2.06. The van der Waals surface area contributed by atoms with E-state index in [1.165, 1.54) is 5.56 Å². The van der Waals surface area contributed by atoms with Crippen molar-refractivity contribution in [1.82, 2.24) is 0 Å². The van der Waals surface area contributed by atoms with Gasteiger partial charge in [-0.05, 0) is 30.5 Å². The highest BCUT2D eigenvalue weighted by Crippen LogP contribution is 2.32. The van der Waals surface area contributed by atoms with Gasteiger partial charge in [-0.2, -0.15) is 0 Å². The smallest absolute Gasteiger partial charge is 0.231 e. The molecule has 1 aromatic rings. The first kappa shape index (κ1) is 12.0. The molecule has 0 bridgehead atoms. The van der Waals surface area contributed by atoms with Gasteiger partial charge in [0.2, 0.25) is 6.79 Å². The molecule has 0 aromatic heterocycles. The molecule has 0 spiro atoms. The second-order valence-corrected chi connectivity index (χ2v) is 4.66. The van der Waals surface area contributed by atoms with E-state index >= 15 is 0 Å². The Kier molecular flexibility index (Phi) is 3.67. The highest BCUT2D eigenvalue weighted by Gasteiger charge is 2.13. The van der Waals surface area contributed by atoms with Crippen LogP contribution < -0.4 is 9.47 Å². The van der Waals surface area contributed by atoms with Gasteiger partial charge in [-0.1, -0.05) is 19.9 Å². The van der Waals surface area contributed by atoms with Crippen molar-refractivity contribution in [3.63, 3.8) is 0 Å². The van der Waals surface area contributed by atoms with E-state index in [0.717, 1.165) is 24.3 Å². The van der Waals surface area contributed by atoms with Crippen molar-refractivity contribution in [3.05, 3.63) is 23.8 Å². The highest BCUT2D eigenvalue weighted by atomic mass is 16.7. The van der Waals surface area contributed by atoms with Gasteiger partial charge in [0.1, 0.15) is 5.78 Å². The average molecular weight is 234 g/mol. The van der Waals surface area contributed by atoms with Crippen LogP contribution in [0.15, 0.2) is 18.2 Å². The molecule has 0 aliphatic carbocycles. The number of rotatable bonds is 5. The van der Waals surface area contributed by atoms with Crippen molar-refractivity contribution >= 4 is 5.78 Å². The lowest BCUT2D eigenvalue weighted by atomic mass is 10.0. The SMILES string of the molecule is CC(C)C(=O)CCCc1ccc2c(c1)OCO2. The Bertz CT molecular complexity index is 410. The van der Waals surface area contributed by atoms with Gasteiger partial charge in [-0.3, -0.25) is 4.79 Å². The summed E-state index contributed by atoms with van der Waals surface area (Å²) in [5, 5.41) is 0. The number of aryl methyl sites for hydroxylation is 1. The molecule has 1 aliphatic rings. The summed E-state index contributed by atoms with van der Waals surface area (Å²) in [5.41, 5.74) is 1.20. The van der Waals surface area contributed by atoms with Gasteiger partial charge in [-0.25, -0.2) is 0 Å². The second-order valence-electron chi connectivity index (χ2n) is 4.66. The number of hydrogen-bond donors (Lipinski definition) is 0. The highest BCUT2D eigenvalue weighted by molar-refractivity contribution is 5.80. The van der Waals surface area contributed by atoms with Crippen molar-refractivity contribution in [2.24, 2.45) is 5.92 Å². The summed E-state index contributed by atoms with van der Waals surface area (Å²) in [6.07, 6.45) is 2.47. The first-order chi connectivity index (χ1) is 8.16. The van der Waals surface area contributed by atoms with E-state index in [-0.39, 0.29) is 5.92 Å². The van der Waals surface area contributed by atoms with Crippen molar-refractivity contribution < 1.29 is 14.3 Å². The van der Waals surface area contributed by atoms with Gasteiger partial charge in [-0.15, -0.1) is 0 Å². The van der Waals surface area contributed by atoms with Crippen LogP contribution in [0.4, 0.5) is 0 Å². The van der Waals surface area contributed by atoms with E-state index in [1.54, 1.807) is 0 Å². The predicted molar refractivity (Wildman–Crippen MR) is 65.3 cm³/mol. The molecular formula is C14H18O3. The van der Waals surface area contributed by atoms with Gasteiger partial charge < -0.3 is 9.47 Å². The molecule has 2 rings (SSSR count). The van der Waals surface area contributed by atoms with Crippen LogP contribution in [-0.2, 0) is 11.2 Å². The quantitative estimate of drug-likeness (QED) is 0.785. The Morgan fingerprint density at radius 1 is 1.29 bits per heavy atom. The van der Waals surface area contributed by atoms with Gasteiger partial charge in [0.05, 0.1) is 0 Å². The maximum atomic E-state index is 11.5. The minimum atomic E-state index is 0.145. The molecule has 0 fully saturated rings. The minimum absolute atomic E-state index is 0.145. The Balaban J connectivity index is 1.85. The molecule has 0 saturated carbocycles. The van der Waals surface area contributed by atoms with Crippen LogP contribution in [0, 0.1) is 5.92 Å². The molecule has 0 atom stereocenters. The fraction of sp³-hybridized carbons (Fsp3) is 0.500. The monoisotopic (exact) mass is 234 g/mol. The van der Waals surface area contributed by atoms with Gasteiger partial charge >= 0.3 is 0 Å². The molecule has 0 radical (unpaired) electrons. The molecule has 3 heteroatoms. The number of benzene rings is 1. The molecule has 1 heterocycles. The van der Waals surface area contributed by atoms with Crippen molar-refractivity contribution in [3.8, 4) is 11.5 Å². The number of hydrogen-bond acceptors (Lipinski definition) is 3. The summed E-state index contributed by atoms with van der Waals surface area (Å²) in [6.45, 7) is 4.20. The third kappa shape index (κ3) is 2.99. The third-order valence-corrected chi connectivity index (χ3v) is 2.97. The zero-order valence-electron chi connectivity index (χ0n) is 10.4. The summed E-state index contributed by atoms with van der Waals surface area (Å²) >= 11 is 0. The molecule has 0 unspecified atom stereocenters.